The zero-order valence-electron chi connectivity index (χ0n) is 12.9. The number of unbranched alkanes of at least 4 members (excludes halogenated alkanes) is 1. The van der Waals surface area contributed by atoms with Gasteiger partial charge in [0.25, 0.3) is 0 Å². The summed E-state index contributed by atoms with van der Waals surface area (Å²) in [6.07, 6.45) is 1.03. The number of hydrogen-bond acceptors (Lipinski definition) is 7. The van der Waals surface area contributed by atoms with Gasteiger partial charge < -0.3 is 20.1 Å². The molecular weight excluding hydrogens is 304 g/mol. The highest BCUT2D eigenvalue weighted by molar-refractivity contribution is 5.80. The molecule has 0 heterocycles. The van der Waals surface area contributed by atoms with Gasteiger partial charge >= 0.3 is 11.9 Å². The van der Waals surface area contributed by atoms with Gasteiger partial charge in [0.05, 0.1) is 6.61 Å². The lowest BCUT2D eigenvalue weighted by Gasteiger charge is -2.26. The molecule has 1 aromatic carbocycles. The highest BCUT2D eigenvalue weighted by atomic mass is 16.5. The Hall–Kier alpha value is -2.32. The molecule has 1 aromatic rings. The number of benzene rings is 1. The number of esters is 1. The maximum absolute atomic E-state index is 12.2. The third-order valence-electron chi connectivity index (χ3n) is 3.38. The van der Waals surface area contributed by atoms with Gasteiger partial charge in [0, 0.05) is 12.8 Å². The van der Waals surface area contributed by atoms with Crippen molar-refractivity contribution in [3.63, 3.8) is 0 Å². The predicted octanol–water partition coefficient (Wildman–Crippen LogP) is 0.660. The summed E-state index contributed by atoms with van der Waals surface area (Å²) >= 11 is 0. The molecule has 8 nitrogen and oxygen atoms in total. The van der Waals surface area contributed by atoms with Gasteiger partial charge in [0.1, 0.15) is 5.54 Å². The van der Waals surface area contributed by atoms with Gasteiger partial charge in [-0.15, -0.1) is 0 Å². The van der Waals surface area contributed by atoms with Crippen LogP contribution in [0.2, 0.25) is 0 Å². The van der Waals surface area contributed by atoms with Crippen LogP contribution in [0.5, 0.6) is 11.5 Å². The van der Waals surface area contributed by atoms with Gasteiger partial charge in [0.15, 0.2) is 11.5 Å². The van der Waals surface area contributed by atoms with Crippen molar-refractivity contribution in [3.05, 3.63) is 23.8 Å². The number of rotatable bonds is 9. The Morgan fingerprint density at radius 1 is 1.26 bits per heavy atom. The van der Waals surface area contributed by atoms with Crippen molar-refractivity contribution in [1.29, 1.82) is 0 Å². The molecule has 0 aliphatic heterocycles. The molecule has 0 amide bonds. The smallest absolute Gasteiger partial charge is 0.327 e. The van der Waals surface area contributed by atoms with E-state index in [0.29, 0.717) is 18.4 Å². The molecule has 128 valence electrons. The van der Waals surface area contributed by atoms with E-state index in [1.54, 1.807) is 13.0 Å². The Bertz CT molecular complexity index is 563. The van der Waals surface area contributed by atoms with Gasteiger partial charge in [0.2, 0.25) is 0 Å². The van der Waals surface area contributed by atoms with Gasteiger partial charge in [-0.2, -0.15) is 0 Å². The molecular formula is C15H22N2O6. The first-order chi connectivity index (χ1) is 10.8. The lowest BCUT2D eigenvalue weighted by atomic mass is 9.93. The fourth-order valence-electron chi connectivity index (χ4n) is 1.97. The molecule has 23 heavy (non-hydrogen) atoms. The van der Waals surface area contributed by atoms with E-state index in [9.17, 15) is 19.8 Å². The van der Waals surface area contributed by atoms with E-state index in [1.807, 2.05) is 0 Å². The molecule has 0 fully saturated rings. The summed E-state index contributed by atoms with van der Waals surface area (Å²) in [6.45, 7) is 1.65. The molecule has 0 aliphatic rings. The van der Waals surface area contributed by atoms with E-state index in [2.05, 4.69) is 5.43 Å². The molecule has 0 saturated heterocycles. The van der Waals surface area contributed by atoms with Crippen molar-refractivity contribution >= 4 is 11.9 Å². The van der Waals surface area contributed by atoms with Crippen molar-refractivity contribution in [2.75, 3.05) is 6.61 Å². The van der Waals surface area contributed by atoms with Crippen molar-refractivity contribution in [3.8, 4) is 11.5 Å². The maximum Gasteiger partial charge on any atom is 0.327 e. The molecule has 6 N–H and O–H groups in total. The summed E-state index contributed by atoms with van der Waals surface area (Å²) in [4.78, 5) is 22.5. The molecule has 0 radical (unpaired) electrons. The molecule has 0 aromatic heterocycles. The molecule has 0 spiro atoms. The number of carbonyl (C=O) groups excluding carboxylic acids is 1. The number of phenolic OH excluding ortho intramolecular Hbond substituents is 2. The van der Waals surface area contributed by atoms with Gasteiger partial charge in [-0.3, -0.25) is 10.6 Å². The second-order valence-corrected chi connectivity index (χ2v) is 5.46. The number of nitrogens with two attached hydrogens (primary N) is 1. The number of carboxylic acid groups (broad SMARTS) is 1. The van der Waals surface area contributed by atoms with Gasteiger partial charge in [-0.1, -0.05) is 6.07 Å². The Morgan fingerprint density at radius 2 is 1.96 bits per heavy atom. The number of nitrogens with one attached hydrogen (secondary N) is 1. The van der Waals surface area contributed by atoms with Gasteiger partial charge in [-0.05, 0) is 37.5 Å². The maximum atomic E-state index is 12.2. The predicted molar refractivity (Wildman–Crippen MR) is 81.6 cm³/mol. The number of aliphatic carboxylic acids is 1. The number of aromatic hydroxyl groups is 2. The third kappa shape index (κ3) is 5.76. The Labute approximate surface area is 133 Å². The first kappa shape index (κ1) is 18.7. The monoisotopic (exact) mass is 326 g/mol. The topological polar surface area (TPSA) is 142 Å². The normalized spacial score (nSPS) is 13.3. The first-order valence-corrected chi connectivity index (χ1v) is 7.16. The molecule has 1 unspecified atom stereocenters. The number of hydrazine groups is 1. The number of carbonyl (C=O) groups is 2. The average molecular weight is 326 g/mol. The minimum Gasteiger partial charge on any atom is -0.504 e. The molecule has 0 aliphatic carbocycles. The summed E-state index contributed by atoms with van der Waals surface area (Å²) in [7, 11) is 0. The molecule has 8 heteroatoms. The minimum absolute atomic E-state index is 0.0245. The fraction of sp³-hybridized carbons (Fsp3) is 0.467. The lowest BCUT2D eigenvalue weighted by molar-refractivity contribution is -0.151. The van der Waals surface area contributed by atoms with Crippen LogP contribution in [0, 0.1) is 0 Å². The van der Waals surface area contributed by atoms with Crippen LogP contribution in [-0.4, -0.2) is 39.4 Å². The number of ether oxygens (including phenoxy) is 1. The first-order valence-electron chi connectivity index (χ1n) is 7.16. The SMILES string of the molecule is CC(Cc1ccc(O)c(O)c1)(NN)C(=O)OCCCCC(=O)O. The lowest BCUT2D eigenvalue weighted by Crippen LogP contribution is -2.55. The van der Waals surface area contributed by atoms with Crippen LogP contribution in [-0.2, 0) is 20.7 Å². The zero-order valence-corrected chi connectivity index (χ0v) is 12.9. The van der Waals surface area contributed by atoms with E-state index in [4.69, 9.17) is 15.7 Å². The van der Waals surface area contributed by atoms with E-state index >= 15 is 0 Å². The summed E-state index contributed by atoms with van der Waals surface area (Å²) in [5.74, 6) is 3.44. The number of hydrogen-bond donors (Lipinski definition) is 5. The number of carboxylic acids is 1. The summed E-state index contributed by atoms with van der Waals surface area (Å²) in [5.41, 5.74) is 1.78. The molecule has 1 rings (SSSR count). The molecule has 0 saturated carbocycles. The van der Waals surface area contributed by atoms with E-state index < -0.39 is 17.5 Å². The van der Waals surface area contributed by atoms with Gasteiger partial charge in [-0.25, -0.2) is 10.2 Å². The highest BCUT2D eigenvalue weighted by Gasteiger charge is 2.34. The Balaban J connectivity index is 2.59. The van der Waals surface area contributed by atoms with E-state index in [1.165, 1.54) is 12.1 Å². The Kier molecular flexibility index (Phi) is 6.80. The standard InChI is InChI=1S/C15H22N2O6/c1-15(17-16,9-10-5-6-11(18)12(19)8-10)14(22)23-7-3-2-4-13(20)21/h5-6,8,17-19H,2-4,7,9,16H2,1H3,(H,20,21). The quantitative estimate of drug-likeness (QED) is 0.146. The summed E-state index contributed by atoms with van der Waals surface area (Å²) < 4.78 is 5.12. The van der Waals surface area contributed by atoms with Crippen LogP contribution in [0.3, 0.4) is 0 Å². The van der Waals surface area contributed by atoms with Crippen LogP contribution in [0.25, 0.3) is 0 Å². The largest absolute Gasteiger partial charge is 0.504 e. The summed E-state index contributed by atoms with van der Waals surface area (Å²) in [6, 6.07) is 4.22. The fourth-order valence-corrected chi connectivity index (χ4v) is 1.97. The highest BCUT2D eigenvalue weighted by Crippen LogP contribution is 2.27. The van der Waals surface area contributed by atoms with Crippen LogP contribution < -0.4 is 11.3 Å². The van der Waals surface area contributed by atoms with Crippen LogP contribution in [0.4, 0.5) is 0 Å². The number of phenols is 2. The van der Waals surface area contributed by atoms with Crippen molar-refractivity contribution in [2.45, 2.75) is 38.1 Å². The summed E-state index contributed by atoms with van der Waals surface area (Å²) in [5, 5.41) is 27.3. The van der Waals surface area contributed by atoms with Crippen LogP contribution >= 0.6 is 0 Å². The molecule has 1 atom stereocenters. The van der Waals surface area contributed by atoms with E-state index in [0.717, 1.165) is 0 Å². The average Bonchev–Trinajstić information content (AvgIpc) is 2.50. The Morgan fingerprint density at radius 3 is 2.52 bits per heavy atom. The third-order valence-corrected chi connectivity index (χ3v) is 3.38. The van der Waals surface area contributed by atoms with Crippen LogP contribution in [0.1, 0.15) is 31.7 Å². The second kappa shape index (κ2) is 8.35. The minimum atomic E-state index is -1.21. The molecule has 0 bridgehead atoms. The zero-order chi connectivity index (χ0) is 17.5. The van der Waals surface area contributed by atoms with Crippen molar-refractivity contribution in [2.24, 2.45) is 5.84 Å². The second-order valence-electron chi connectivity index (χ2n) is 5.46. The van der Waals surface area contributed by atoms with Crippen LogP contribution in [0.15, 0.2) is 18.2 Å². The van der Waals surface area contributed by atoms with Crippen molar-refractivity contribution in [1.82, 2.24) is 5.43 Å². The van der Waals surface area contributed by atoms with E-state index in [-0.39, 0.29) is 30.9 Å². The van der Waals surface area contributed by atoms with Crippen molar-refractivity contribution < 1.29 is 29.6 Å².